The maximum atomic E-state index is 12.7. The smallest absolute Gasteiger partial charge is 0.241 e. The summed E-state index contributed by atoms with van der Waals surface area (Å²) in [5, 5.41) is 15.3. The average Bonchev–Trinajstić information content (AvgIpc) is 2.75. The first-order chi connectivity index (χ1) is 14.5. The zero-order valence-electron chi connectivity index (χ0n) is 17.3. The van der Waals surface area contributed by atoms with Gasteiger partial charge in [0.15, 0.2) is 0 Å². The van der Waals surface area contributed by atoms with Crippen LogP contribution in [0.1, 0.15) is 25.5 Å². The van der Waals surface area contributed by atoms with Crippen molar-refractivity contribution in [3.05, 3.63) is 60.2 Å². The van der Waals surface area contributed by atoms with Crippen molar-refractivity contribution in [1.29, 1.82) is 5.26 Å². The highest BCUT2D eigenvalue weighted by Crippen LogP contribution is 2.22. The number of nitrogens with one attached hydrogen (secondary N) is 2. The van der Waals surface area contributed by atoms with E-state index in [0.717, 1.165) is 18.7 Å². The van der Waals surface area contributed by atoms with Gasteiger partial charge in [-0.3, -0.25) is 19.4 Å². The lowest BCUT2D eigenvalue weighted by Crippen LogP contribution is -2.53. The predicted octanol–water partition coefficient (Wildman–Crippen LogP) is 2.85. The largest absolute Gasteiger partial charge is 0.326 e. The van der Waals surface area contributed by atoms with Gasteiger partial charge in [0.2, 0.25) is 11.8 Å². The van der Waals surface area contributed by atoms with Gasteiger partial charge in [-0.1, -0.05) is 36.4 Å². The fourth-order valence-corrected chi connectivity index (χ4v) is 3.68. The van der Waals surface area contributed by atoms with E-state index in [0.29, 0.717) is 24.5 Å². The van der Waals surface area contributed by atoms with E-state index in [2.05, 4.69) is 26.5 Å². The summed E-state index contributed by atoms with van der Waals surface area (Å²) in [5.74, 6) is -0.251. The van der Waals surface area contributed by atoms with E-state index in [1.165, 1.54) is 6.92 Å². The molecule has 2 N–H and O–H groups in total. The van der Waals surface area contributed by atoms with E-state index in [1.807, 2.05) is 37.3 Å². The molecule has 7 nitrogen and oxygen atoms in total. The van der Waals surface area contributed by atoms with Gasteiger partial charge < -0.3 is 10.6 Å². The fraction of sp³-hybridized carbons (Fsp3) is 0.348. The molecule has 156 valence electrons. The van der Waals surface area contributed by atoms with Crippen molar-refractivity contribution in [2.75, 3.05) is 36.8 Å². The van der Waals surface area contributed by atoms with E-state index in [1.54, 1.807) is 24.3 Å². The Morgan fingerprint density at radius 3 is 2.13 bits per heavy atom. The van der Waals surface area contributed by atoms with E-state index >= 15 is 0 Å². The predicted molar refractivity (Wildman–Crippen MR) is 117 cm³/mol. The minimum Gasteiger partial charge on any atom is -0.326 e. The quantitative estimate of drug-likeness (QED) is 0.772. The Labute approximate surface area is 177 Å². The number of benzene rings is 2. The van der Waals surface area contributed by atoms with Gasteiger partial charge in [-0.15, -0.1) is 0 Å². The van der Waals surface area contributed by atoms with Gasteiger partial charge in [0, 0.05) is 44.5 Å². The molecule has 1 aliphatic rings. The van der Waals surface area contributed by atoms with Crippen LogP contribution in [0.25, 0.3) is 0 Å². The third kappa shape index (κ3) is 5.44. The van der Waals surface area contributed by atoms with Crippen LogP contribution in [0.3, 0.4) is 0 Å². The van der Waals surface area contributed by atoms with Gasteiger partial charge in [0.25, 0.3) is 0 Å². The van der Waals surface area contributed by atoms with Crippen LogP contribution in [0.15, 0.2) is 54.6 Å². The van der Waals surface area contributed by atoms with Crippen molar-refractivity contribution in [3.8, 4) is 6.07 Å². The molecule has 1 fully saturated rings. The second kappa shape index (κ2) is 10.0. The topological polar surface area (TPSA) is 88.5 Å². The monoisotopic (exact) mass is 405 g/mol. The lowest BCUT2D eigenvalue weighted by Gasteiger charge is -2.39. The first-order valence-corrected chi connectivity index (χ1v) is 10.1. The maximum Gasteiger partial charge on any atom is 0.241 e. The molecule has 0 bridgehead atoms. The number of carbonyl (C=O) groups excluding carboxylic acids is 2. The van der Waals surface area contributed by atoms with Crippen LogP contribution in [0.2, 0.25) is 0 Å². The van der Waals surface area contributed by atoms with E-state index in [9.17, 15) is 14.9 Å². The number of nitrogens with zero attached hydrogens (tertiary/aromatic N) is 3. The van der Waals surface area contributed by atoms with E-state index < -0.39 is 0 Å². The molecule has 2 unspecified atom stereocenters. The number of anilines is 2. The second-order valence-electron chi connectivity index (χ2n) is 7.44. The molecule has 1 heterocycles. The van der Waals surface area contributed by atoms with Crippen LogP contribution in [0.4, 0.5) is 11.4 Å². The van der Waals surface area contributed by atoms with Crippen LogP contribution >= 0.6 is 0 Å². The Morgan fingerprint density at radius 2 is 1.53 bits per heavy atom. The Morgan fingerprint density at radius 1 is 0.933 bits per heavy atom. The number of hydrogen-bond donors (Lipinski definition) is 2. The maximum absolute atomic E-state index is 12.7. The summed E-state index contributed by atoms with van der Waals surface area (Å²) in [4.78, 5) is 28.2. The van der Waals surface area contributed by atoms with Crippen LogP contribution in [0, 0.1) is 11.3 Å². The van der Waals surface area contributed by atoms with Crippen LogP contribution in [-0.4, -0.2) is 53.8 Å². The van der Waals surface area contributed by atoms with Crippen molar-refractivity contribution >= 4 is 23.2 Å². The second-order valence-corrected chi connectivity index (χ2v) is 7.44. The summed E-state index contributed by atoms with van der Waals surface area (Å²) in [6.07, 6.45) is 0. The summed E-state index contributed by atoms with van der Waals surface area (Å²) in [5.41, 5.74) is 2.29. The van der Waals surface area contributed by atoms with Crippen LogP contribution in [-0.2, 0) is 9.59 Å². The molecule has 2 aromatic rings. The zero-order chi connectivity index (χ0) is 21.5. The molecule has 0 aliphatic carbocycles. The SMILES string of the molecule is CC(=O)Nc1cccc(NC(=O)C(C)N2CCN(C(C#N)c3ccccc3)CC2)c1. The van der Waals surface area contributed by atoms with Gasteiger partial charge in [-0.25, -0.2) is 0 Å². The molecular weight excluding hydrogens is 378 g/mol. The first-order valence-electron chi connectivity index (χ1n) is 10.1. The number of piperazine rings is 1. The Bertz CT molecular complexity index is 917. The lowest BCUT2D eigenvalue weighted by molar-refractivity contribution is -0.121. The highest BCUT2D eigenvalue weighted by atomic mass is 16.2. The standard InChI is InChI=1S/C23H27N5O2/c1-17(23(30)26-21-10-6-9-20(15-21)25-18(2)29)27-11-13-28(14-12-27)22(16-24)19-7-4-3-5-8-19/h3-10,15,17,22H,11-14H2,1-2H3,(H,25,29)(H,26,30). The van der Waals surface area contributed by atoms with Gasteiger partial charge in [-0.05, 0) is 30.7 Å². The number of carbonyl (C=O) groups is 2. The lowest BCUT2D eigenvalue weighted by atomic mass is 10.1. The molecule has 30 heavy (non-hydrogen) atoms. The first kappa shape index (κ1) is 21.5. The molecule has 0 radical (unpaired) electrons. The summed E-state index contributed by atoms with van der Waals surface area (Å²) < 4.78 is 0. The molecule has 2 atom stereocenters. The Balaban J connectivity index is 1.56. The molecule has 2 aromatic carbocycles. The Hall–Kier alpha value is -3.21. The minimum atomic E-state index is -0.297. The van der Waals surface area contributed by atoms with Gasteiger partial charge in [0.1, 0.15) is 6.04 Å². The number of hydrogen-bond acceptors (Lipinski definition) is 5. The minimum absolute atomic E-state index is 0.0942. The van der Waals surface area contributed by atoms with Gasteiger partial charge in [-0.2, -0.15) is 5.26 Å². The molecular formula is C23H27N5O2. The average molecular weight is 406 g/mol. The molecule has 3 rings (SSSR count). The van der Waals surface area contributed by atoms with Crippen molar-refractivity contribution in [2.24, 2.45) is 0 Å². The molecule has 7 heteroatoms. The third-order valence-electron chi connectivity index (χ3n) is 5.33. The highest BCUT2D eigenvalue weighted by Gasteiger charge is 2.29. The summed E-state index contributed by atoms with van der Waals surface area (Å²) in [6.45, 7) is 6.21. The van der Waals surface area contributed by atoms with Crippen molar-refractivity contribution < 1.29 is 9.59 Å². The van der Waals surface area contributed by atoms with Gasteiger partial charge >= 0.3 is 0 Å². The number of nitriles is 1. The Kier molecular flexibility index (Phi) is 7.17. The normalized spacial score (nSPS) is 16.8. The van der Waals surface area contributed by atoms with Crippen molar-refractivity contribution in [3.63, 3.8) is 0 Å². The highest BCUT2D eigenvalue weighted by molar-refractivity contribution is 5.96. The van der Waals surface area contributed by atoms with Crippen LogP contribution < -0.4 is 10.6 Å². The molecule has 1 saturated heterocycles. The van der Waals surface area contributed by atoms with Crippen LogP contribution in [0.5, 0.6) is 0 Å². The molecule has 0 aromatic heterocycles. The molecule has 0 saturated carbocycles. The molecule has 2 amide bonds. The summed E-state index contributed by atoms with van der Waals surface area (Å²) >= 11 is 0. The van der Waals surface area contributed by atoms with Gasteiger partial charge in [0.05, 0.1) is 12.1 Å². The number of amides is 2. The summed E-state index contributed by atoms with van der Waals surface area (Å²) in [7, 11) is 0. The number of rotatable bonds is 6. The molecule has 1 aliphatic heterocycles. The van der Waals surface area contributed by atoms with E-state index in [-0.39, 0.29) is 23.9 Å². The fourth-order valence-electron chi connectivity index (χ4n) is 3.68. The van der Waals surface area contributed by atoms with Crippen molar-refractivity contribution in [1.82, 2.24) is 9.80 Å². The van der Waals surface area contributed by atoms with Crippen molar-refractivity contribution in [2.45, 2.75) is 25.9 Å². The summed E-state index contributed by atoms with van der Waals surface area (Å²) in [6, 6.07) is 18.7. The zero-order valence-corrected chi connectivity index (χ0v) is 17.3. The molecule has 0 spiro atoms. The van der Waals surface area contributed by atoms with E-state index in [4.69, 9.17) is 0 Å². The third-order valence-corrected chi connectivity index (χ3v) is 5.33.